The summed E-state index contributed by atoms with van der Waals surface area (Å²) in [7, 11) is -3.62. The fourth-order valence-corrected chi connectivity index (χ4v) is 4.81. The number of benzene rings is 1. The second-order valence-corrected chi connectivity index (χ2v) is 8.78. The maximum absolute atomic E-state index is 12.9. The van der Waals surface area contributed by atoms with Gasteiger partial charge in [0, 0.05) is 18.8 Å². The third-order valence-electron chi connectivity index (χ3n) is 4.26. The van der Waals surface area contributed by atoms with Crippen LogP contribution in [-0.4, -0.2) is 50.1 Å². The average Bonchev–Trinajstić information content (AvgIpc) is 3.13. The number of fused-ring (bicyclic) bond motifs is 1. The molecule has 9 heteroatoms. The molecule has 138 valence electrons. The Bertz CT molecular complexity index is 921. The molecule has 0 radical (unpaired) electrons. The first kappa shape index (κ1) is 17.6. The zero-order valence-corrected chi connectivity index (χ0v) is 16.2. The predicted octanol–water partition coefficient (Wildman–Crippen LogP) is 2.46. The average molecular weight is 441 g/mol. The second-order valence-electron chi connectivity index (χ2n) is 5.99. The zero-order valence-electron chi connectivity index (χ0n) is 13.8. The van der Waals surface area contributed by atoms with Gasteiger partial charge in [0.15, 0.2) is 11.5 Å². The van der Waals surface area contributed by atoms with Crippen LogP contribution in [0, 0.1) is 0 Å². The molecule has 0 saturated carbocycles. The van der Waals surface area contributed by atoms with Crippen LogP contribution < -0.4 is 14.2 Å². The topological polar surface area (TPSA) is 78.0 Å². The van der Waals surface area contributed by atoms with E-state index in [0.29, 0.717) is 43.6 Å². The second kappa shape index (κ2) is 7.05. The Morgan fingerprint density at radius 1 is 1.19 bits per heavy atom. The minimum absolute atomic E-state index is 0.196. The zero-order chi connectivity index (χ0) is 18.1. The molecule has 1 atom stereocenters. The van der Waals surface area contributed by atoms with Crippen molar-refractivity contribution in [3.63, 3.8) is 0 Å². The van der Waals surface area contributed by atoms with E-state index in [1.54, 1.807) is 24.4 Å². The molecule has 1 unspecified atom stereocenters. The Balaban J connectivity index is 1.50. The molecule has 7 nitrogen and oxygen atoms in total. The molecule has 26 heavy (non-hydrogen) atoms. The molecule has 4 rings (SSSR count). The first-order valence-electron chi connectivity index (χ1n) is 8.21. The summed E-state index contributed by atoms with van der Waals surface area (Å²) in [4.78, 5) is 4.36. The highest BCUT2D eigenvalue weighted by molar-refractivity contribution is 9.10. The van der Waals surface area contributed by atoms with E-state index in [4.69, 9.17) is 14.2 Å². The maximum Gasteiger partial charge on any atom is 0.243 e. The third kappa shape index (κ3) is 3.38. The monoisotopic (exact) mass is 440 g/mol. The van der Waals surface area contributed by atoms with Gasteiger partial charge in [0.05, 0.1) is 15.9 Å². The number of rotatable bonds is 4. The van der Waals surface area contributed by atoms with Crippen LogP contribution in [0.2, 0.25) is 0 Å². The van der Waals surface area contributed by atoms with Gasteiger partial charge in [-0.15, -0.1) is 0 Å². The molecule has 1 saturated heterocycles. The van der Waals surface area contributed by atoms with Crippen molar-refractivity contribution in [2.24, 2.45) is 0 Å². The highest BCUT2D eigenvalue weighted by Gasteiger charge is 2.34. The summed E-state index contributed by atoms with van der Waals surface area (Å²) < 4.78 is 44.8. The van der Waals surface area contributed by atoms with Crippen molar-refractivity contribution in [1.29, 1.82) is 0 Å². The fraction of sp³-hybridized carbons (Fsp3) is 0.353. The number of ether oxygens (including phenoxy) is 3. The molecule has 1 fully saturated rings. The van der Waals surface area contributed by atoms with Crippen LogP contribution >= 0.6 is 15.9 Å². The minimum Gasteiger partial charge on any atom is -0.486 e. The summed E-state index contributed by atoms with van der Waals surface area (Å²) in [5.74, 6) is 1.50. The van der Waals surface area contributed by atoms with Crippen molar-refractivity contribution in [3.8, 4) is 17.4 Å². The van der Waals surface area contributed by atoms with Crippen LogP contribution in [0.1, 0.15) is 6.42 Å². The maximum atomic E-state index is 12.9. The van der Waals surface area contributed by atoms with Gasteiger partial charge in [-0.1, -0.05) is 0 Å². The molecule has 0 spiro atoms. The van der Waals surface area contributed by atoms with Gasteiger partial charge in [0.2, 0.25) is 15.9 Å². The number of aromatic nitrogens is 1. The number of pyridine rings is 1. The van der Waals surface area contributed by atoms with E-state index in [2.05, 4.69) is 20.9 Å². The SMILES string of the molecule is O=S(=O)(c1ccc2c(c1)OCCO2)N1CCC(Oc2ncccc2Br)C1. The van der Waals surface area contributed by atoms with Crippen LogP contribution in [0.4, 0.5) is 0 Å². The van der Waals surface area contributed by atoms with Gasteiger partial charge in [0.1, 0.15) is 19.3 Å². The number of halogens is 1. The van der Waals surface area contributed by atoms with E-state index >= 15 is 0 Å². The van der Waals surface area contributed by atoms with E-state index in [1.807, 2.05) is 6.07 Å². The van der Waals surface area contributed by atoms with Crippen molar-refractivity contribution in [2.45, 2.75) is 17.4 Å². The number of sulfonamides is 1. The predicted molar refractivity (Wildman–Crippen MR) is 97.2 cm³/mol. The number of hydrogen-bond acceptors (Lipinski definition) is 6. The standard InChI is InChI=1S/C17H17BrN2O5S/c18-14-2-1-6-19-17(14)25-12-5-7-20(11-12)26(21,22)13-3-4-15-16(10-13)24-9-8-23-15/h1-4,6,10,12H,5,7-9,11H2. The molecule has 2 aliphatic rings. The van der Waals surface area contributed by atoms with Crippen molar-refractivity contribution in [3.05, 3.63) is 41.0 Å². The molecular weight excluding hydrogens is 424 g/mol. The molecule has 0 aliphatic carbocycles. The van der Waals surface area contributed by atoms with Gasteiger partial charge in [-0.2, -0.15) is 4.31 Å². The van der Waals surface area contributed by atoms with Crippen molar-refractivity contribution in [2.75, 3.05) is 26.3 Å². The molecule has 0 bridgehead atoms. The highest BCUT2D eigenvalue weighted by Crippen LogP contribution is 2.34. The largest absolute Gasteiger partial charge is 0.486 e. The first-order chi connectivity index (χ1) is 12.5. The Morgan fingerprint density at radius 2 is 2.00 bits per heavy atom. The summed E-state index contributed by atoms with van der Waals surface area (Å²) in [6.45, 7) is 1.55. The molecule has 3 heterocycles. The minimum atomic E-state index is -3.62. The lowest BCUT2D eigenvalue weighted by Gasteiger charge is -2.21. The van der Waals surface area contributed by atoms with E-state index in [1.165, 1.54) is 10.4 Å². The smallest absolute Gasteiger partial charge is 0.243 e. The van der Waals surface area contributed by atoms with Gasteiger partial charge < -0.3 is 14.2 Å². The normalized spacial score (nSPS) is 20.1. The molecule has 0 amide bonds. The van der Waals surface area contributed by atoms with Crippen LogP contribution in [0.3, 0.4) is 0 Å². The Labute approximate surface area is 160 Å². The van der Waals surface area contributed by atoms with E-state index in [-0.39, 0.29) is 17.5 Å². The lowest BCUT2D eigenvalue weighted by atomic mass is 10.3. The third-order valence-corrected chi connectivity index (χ3v) is 6.73. The van der Waals surface area contributed by atoms with E-state index in [0.717, 1.165) is 4.47 Å². The van der Waals surface area contributed by atoms with Gasteiger partial charge in [-0.3, -0.25) is 0 Å². The molecule has 1 aromatic heterocycles. The van der Waals surface area contributed by atoms with Gasteiger partial charge >= 0.3 is 0 Å². The molecule has 0 N–H and O–H groups in total. The van der Waals surface area contributed by atoms with Crippen LogP contribution in [-0.2, 0) is 10.0 Å². The lowest BCUT2D eigenvalue weighted by molar-refractivity contribution is 0.171. The molecule has 1 aromatic carbocycles. The Morgan fingerprint density at radius 3 is 2.81 bits per heavy atom. The summed E-state index contributed by atoms with van der Waals surface area (Å²) in [6.07, 6.45) is 2.00. The van der Waals surface area contributed by atoms with Gasteiger partial charge in [0.25, 0.3) is 0 Å². The summed E-state index contributed by atoms with van der Waals surface area (Å²) in [5.41, 5.74) is 0. The molecular formula is C17H17BrN2O5S. The molecule has 2 aromatic rings. The van der Waals surface area contributed by atoms with Crippen LogP contribution in [0.25, 0.3) is 0 Å². The van der Waals surface area contributed by atoms with Crippen molar-refractivity contribution >= 4 is 26.0 Å². The van der Waals surface area contributed by atoms with Crippen molar-refractivity contribution < 1.29 is 22.6 Å². The van der Waals surface area contributed by atoms with E-state index in [9.17, 15) is 8.42 Å². The van der Waals surface area contributed by atoms with Crippen LogP contribution in [0.5, 0.6) is 17.4 Å². The summed E-state index contributed by atoms with van der Waals surface area (Å²) in [6, 6.07) is 8.33. The highest BCUT2D eigenvalue weighted by atomic mass is 79.9. The Kier molecular flexibility index (Phi) is 4.76. The van der Waals surface area contributed by atoms with Crippen molar-refractivity contribution in [1.82, 2.24) is 9.29 Å². The van der Waals surface area contributed by atoms with Crippen LogP contribution in [0.15, 0.2) is 45.9 Å². The number of hydrogen-bond donors (Lipinski definition) is 0. The first-order valence-corrected chi connectivity index (χ1v) is 10.4. The molecule has 2 aliphatic heterocycles. The van der Waals surface area contributed by atoms with E-state index < -0.39 is 10.0 Å². The summed E-state index contributed by atoms with van der Waals surface area (Å²) >= 11 is 3.38. The van der Waals surface area contributed by atoms with Gasteiger partial charge in [-0.25, -0.2) is 13.4 Å². The Hall–Kier alpha value is -1.84. The fourth-order valence-electron chi connectivity index (χ4n) is 2.96. The number of nitrogens with zero attached hydrogens (tertiary/aromatic N) is 2. The van der Waals surface area contributed by atoms with Gasteiger partial charge in [-0.05, 0) is 46.6 Å². The quantitative estimate of drug-likeness (QED) is 0.726. The summed E-state index contributed by atoms with van der Waals surface area (Å²) in [5, 5.41) is 0. The lowest BCUT2D eigenvalue weighted by Crippen LogP contribution is -2.31.